The van der Waals surface area contributed by atoms with Crippen LogP contribution in [0.5, 0.6) is 5.75 Å². The fourth-order valence-corrected chi connectivity index (χ4v) is 2.18. The van der Waals surface area contributed by atoms with E-state index in [1.54, 1.807) is 19.2 Å². The molecule has 98 valence electrons. The normalized spacial score (nSPS) is 18.3. The fourth-order valence-electron chi connectivity index (χ4n) is 2.18. The van der Waals surface area contributed by atoms with Crippen molar-refractivity contribution < 1.29 is 4.74 Å². The van der Waals surface area contributed by atoms with Gasteiger partial charge in [-0.15, -0.1) is 5.10 Å². The van der Waals surface area contributed by atoms with E-state index in [-0.39, 0.29) is 5.92 Å². The highest BCUT2D eigenvalue weighted by Crippen LogP contribution is 2.25. The van der Waals surface area contributed by atoms with Gasteiger partial charge in [0, 0.05) is 12.3 Å². The first kappa shape index (κ1) is 13.1. The summed E-state index contributed by atoms with van der Waals surface area (Å²) in [6.07, 6.45) is 1.65. The number of hydrogen-bond acceptors (Lipinski definition) is 5. The van der Waals surface area contributed by atoms with E-state index in [4.69, 9.17) is 15.7 Å². The molecule has 0 amide bonds. The number of benzene rings is 1. The summed E-state index contributed by atoms with van der Waals surface area (Å²) in [5.74, 6) is 1.38. The minimum absolute atomic E-state index is 0.248. The second kappa shape index (κ2) is 5.53. The first-order chi connectivity index (χ1) is 9.19. The molecule has 0 spiro atoms. The van der Waals surface area contributed by atoms with Crippen molar-refractivity contribution in [2.45, 2.75) is 19.8 Å². The quantitative estimate of drug-likeness (QED) is 0.898. The van der Waals surface area contributed by atoms with Gasteiger partial charge < -0.3 is 10.5 Å². The van der Waals surface area contributed by atoms with E-state index in [1.165, 1.54) is 0 Å². The molecule has 2 rings (SSSR count). The number of rotatable bonds is 3. The van der Waals surface area contributed by atoms with E-state index in [9.17, 15) is 0 Å². The summed E-state index contributed by atoms with van der Waals surface area (Å²) in [5.41, 5.74) is 8.00. The molecule has 0 radical (unpaired) electrons. The Kier molecular flexibility index (Phi) is 3.81. The van der Waals surface area contributed by atoms with Crippen LogP contribution in [0.2, 0.25) is 0 Å². The summed E-state index contributed by atoms with van der Waals surface area (Å²) in [6.45, 7) is 2.09. The SMILES string of the molecule is CCC1CC(N)=NN=C1c1ccc(OC)c(C#N)c1. The molecule has 0 bridgehead atoms. The van der Waals surface area contributed by atoms with Crippen LogP contribution in [0.1, 0.15) is 30.9 Å². The van der Waals surface area contributed by atoms with E-state index in [0.717, 1.165) is 17.7 Å². The molecular formula is C14H16N4O. The summed E-state index contributed by atoms with van der Waals surface area (Å²) in [5, 5.41) is 17.3. The van der Waals surface area contributed by atoms with Gasteiger partial charge in [0.2, 0.25) is 0 Å². The van der Waals surface area contributed by atoms with E-state index < -0.39 is 0 Å². The maximum absolute atomic E-state index is 9.12. The topological polar surface area (TPSA) is 83.8 Å². The Balaban J connectivity index is 2.44. The molecule has 1 atom stereocenters. The number of nitrogens with zero attached hydrogens (tertiary/aromatic N) is 3. The molecule has 1 heterocycles. The average molecular weight is 256 g/mol. The first-order valence-corrected chi connectivity index (χ1v) is 6.18. The molecule has 2 N–H and O–H groups in total. The van der Waals surface area contributed by atoms with Gasteiger partial charge in [0.15, 0.2) is 0 Å². The van der Waals surface area contributed by atoms with Crippen LogP contribution in [-0.2, 0) is 0 Å². The predicted octanol–water partition coefficient (Wildman–Crippen LogP) is 2.06. The van der Waals surface area contributed by atoms with Crippen molar-refractivity contribution in [3.8, 4) is 11.8 Å². The summed E-state index contributed by atoms with van der Waals surface area (Å²) in [4.78, 5) is 0. The van der Waals surface area contributed by atoms with E-state index in [0.29, 0.717) is 23.6 Å². The lowest BCUT2D eigenvalue weighted by molar-refractivity contribution is 0.413. The number of hydrogen-bond donors (Lipinski definition) is 1. The zero-order chi connectivity index (χ0) is 13.8. The maximum atomic E-state index is 9.12. The van der Waals surface area contributed by atoms with Crippen molar-refractivity contribution in [3.05, 3.63) is 29.3 Å². The van der Waals surface area contributed by atoms with Crippen molar-refractivity contribution in [3.63, 3.8) is 0 Å². The van der Waals surface area contributed by atoms with Crippen molar-refractivity contribution in [2.75, 3.05) is 7.11 Å². The monoisotopic (exact) mass is 256 g/mol. The summed E-state index contributed by atoms with van der Waals surface area (Å²) in [6, 6.07) is 7.60. The third-order valence-corrected chi connectivity index (χ3v) is 3.24. The van der Waals surface area contributed by atoms with Crippen LogP contribution in [0.4, 0.5) is 0 Å². The van der Waals surface area contributed by atoms with Crippen LogP contribution >= 0.6 is 0 Å². The number of methoxy groups -OCH3 is 1. The molecule has 1 aromatic rings. The molecule has 0 aliphatic carbocycles. The highest BCUT2D eigenvalue weighted by molar-refractivity contribution is 6.06. The fraction of sp³-hybridized carbons (Fsp3) is 0.357. The zero-order valence-corrected chi connectivity index (χ0v) is 11.1. The summed E-state index contributed by atoms with van der Waals surface area (Å²) in [7, 11) is 1.55. The molecule has 5 heteroatoms. The van der Waals surface area contributed by atoms with Crippen molar-refractivity contribution >= 4 is 11.5 Å². The Hall–Kier alpha value is -2.35. The lowest BCUT2D eigenvalue weighted by Crippen LogP contribution is -2.26. The highest BCUT2D eigenvalue weighted by atomic mass is 16.5. The van der Waals surface area contributed by atoms with Crippen LogP contribution in [-0.4, -0.2) is 18.7 Å². The Morgan fingerprint density at radius 2 is 2.26 bits per heavy atom. The molecule has 0 saturated carbocycles. The molecule has 0 aromatic heterocycles. The van der Waals surface area contributed by atoms with Crippen molar-refractivity contribution in [2.24, 2.45) is 21.9 Å². The van der Waals surface area contributed by atoms with Gasteiger partial charge in [-0.1, -0.05) is 6.92 Å². The maximum Gasteiger partial charge on any atom is 0.136 e. The molecule has 1 unspecified atom stereocenters. The molecule has 19 heavy (non-hydrogen) atoms. The molecular weight excluding hydrogens is 240 g/mol. The standard InChI is InChI=1S/C14H16N4O/c1-3-9-7-13(16)17-18-14(9)10-4-5-12(19-2)11(6-10)8-15/h4-6,9H,3,7H2,1-2H3,(H2,16,17). The lowest BCUT2D eigenvalue weighted by atomic mass is 9.89. The lowest BCUT2D eigenvalue weighted by Gasteiger charge is -2.20. The summed E-state index contributed by atoms with van der Waals surface area (Å²) >= 11 is 0. The molecule has 5 nitrogen and oxygen atoms in total. The van der Waals surface area contributed by atoms with Gasteiger partial charge in [-0.3, -0.25) is 0 Å². The molecule has 0 fully saturated rings. The Morgan fingerprint density at radius 1 is 1.47 bits per heavy atom. The predicted molar refractivity (Wildman–Crippen MR) is 74.3 cm³/mol. The van der Waals surface area contributed by atoms with Crippen LogP contribution in [0, 0.1) is 17.2 Å². The van der Waals surface area contributed by atoms with Gasteiger partial charge in [0.25, 0.3) is 0 Å². The minimum Gasteiger partial charge on any atom is -0.495 e. The molecule has 1 aromatic carbocycles. The van der Waals surface area contributed by atoms with Crippen LogP contribution in [0.15, 0.2) is 28.4 Å². The van der Waals surface area contributed by atoms with Crippen LogP contribution in [0.3, 0.4) is 0 Å². The number of nitrogens with two attached hydrogens (primary N) is 1. The second-order valence-electron chi connectivity index (χ2n) is 4.41. The third-order valence-electron chi connectivity index (χ3n) is 3.24. The molecule has 0 saturated heterocycles. The largest absolute Gasteiger partial charge is 0.495 e. The van der Waals surface area contributed by atoms with E-state index >= 15 is 0 Å². The summed E-state index contributed by atoms with van der Waals surface area (Å²) < 4.78 is 5.14. The Morgan fingerprint density at radius 3 is 2.89 bits per heavy atom. The number of nitriles is 1. The van der Waals surface area contributed by atoms with E-state index in [1.807, 2.05) is 6.07 Å². The third kappa shape index (κ3) is 2.58. The van der Waals surface area contributed by atoms with Crippen LogP contribution in [0.25, 0.3) is 0 Å². The van der Waals surface area contributed by atoms with Gasteiger partial charge >= 0.3 is 0 Å². The van der Waals surface area contributed by atoms with Gasteiger partial charge in [0.1, 0.15) is 17.7 Å². The minimum atomic E-state index is 0.248. The van der Waals surface area contributed by atoms with Crippen molar-refractivity contribution in [1.82, 2.24) is 0 Å². The second-order valence-corrected chi connectivity index (χ2v) is 4.41. The Bertz CT molecular complexity index is 584. The molecule has 1 aliphatic rings. The van der Waals surface area contributed by atoms with Gasteiger partial charge in [-0.2, -0.15) is 10.4 Å². The average Bonchev–Trinajstić information content (AvgIpc) is 2.46. The Labute approximate surface area is 112 Å². The van der Waals surface area contributed by atoms with Gasteiger partial charge in [0.05, 0.1) is 18.4 Å². The molecule has 1 aliphatic heterocycles. The highest BCUT2D eigenvalue weighted by Gasteiger charge is 2.22. The van der Waals surface area contributed by atoms with Gasteiger partial charge in [-0.05, 0) is 30.2 Å². The number of ether oxygens (including phenoxy) is 1. The van der Waals surface area contributed by atoms with Crippen molar-refractivity contribution in [1.29, 1.82) is 5.26 Å². The number of amidine groups is 1. The van der Waals surface area contributed by atoms with Gasteiger partial charge in [-0.25, -0.2) is 0 Å². The zero-order valence-electron chi connectivity index (χ0n) is 11.1. The smallest absolute Gasteiger partial charge is 0.136 e. The van der Waals surface area contributed by atoms with Crippen LogP contribution < -0.4 is 10.5 Å². The van der Waals surface area contributed by atoms with E-state index in [2.05, 4.69) is 23.2 Å². The first-order valence-electron chi connectivity index (χ1n) is 6.18.